The van der Waals surface area contributed by atoms with Crippen molar-refractivity contribution in [2.45, 2.75) is 13.0 Å². The molecule has 1 N–H and O–H groups in total. The number of hydrogen-bond donors (Lipinski definition) is 1. The second-order valence-electron chi connectivity index (χ2n) is 3.82. The van der Waals surface area contributed by atoms with Crippen LogP contribution in [-0.2, 0) is 0 Å². The molecule has 0 spiro atoms. The summed E-state index contributed by atoms with van der Waals surface area (Å²) in [5.74, 6) is 0.265. The minimum atomic E-state index is -0.0178. The Morgan fingerprint density at radius 2 is 1.59 bits per heavy atom. The molecule has 0 amide bonds. The SMILES string of the molecule is CC(N=Nc1ccccc1)c1ccc(O)cc1. The van der Waals surface area contributed by atoms with E-state index >= 15 is 0 Å². The summed E-state index contributed by atoms with van der Waals surface area (Å²) in [5, 5.41) is 17.6. The number of azo groups is 1. The van der Waals surface area contributed by atoms with Crippen LogP contribution in [0.4, 0.5) is 5.69 Å². The zero-order chi connectivity index (χ0) is 12.1. The summed E-state index contributed by atoms with van der Waals surface area (Å²) in [6, 6.07) is 16.6. The van der Waals surface area contributed by atoms with E-state index < -0.39 is 0 Å². The number of hydrogen-bond acceptors (Lipinski definition) is 3. The van der Waals surface area contributed by atoms with Gasteiger partial charge in [-0.15, -0.1) is 0 Å². The maximum atomic E-state index is 9.19. The van der Waals surface area contributed by atoms with E-state index in [1.54, 1.807) is 12.1 Å². The molecule has 0 saturated carbocycles. The molecular weight excluding hydrogens is 212 g/mol. The maximum absolute atomic E-state index is 9.19. The lowest BCUT2D eigenvalue weighted by atomic mass is 10.1. The minimum absolute atomic E-state index is 0.0178. The molecule has 0 fully saturated rings. The van der Waals surface area contributed by atoms with Gasteiger partial charge in [0.05, 0.1) is 11.7 Å². The molecule has 0 radical (unpaired) electrons. The molecule has 0 aliphatic rings. The number of nitrogens with zero attached hydrogens (tertiary/aromatic N) is 2. The number of rotatable bonds is 3. The van der Waals surface area contributed by atoms with Crippen molar-refractivity contribution >= 4 is 5.69 Å². The lowest BCUT2D eigenvalue weighted by molar-refractivity contribution is 0.475. The number of aromatic hydroxyl groups is 1. The average molecular weight is 226 g/mol. The molecule has 2 aromatic rings. The lowest BCUT2D eigenvalue weighted by Gasteiger charge is -2.04. The Hall–Kier alpha value is -2.16. The van der Waals surface area contributed by atoms with Crippen LogP contribution in [0.3, 0.4) is 0 Å². The van der Waals surface area contributed by atoms with E-state index in [1.165, 1.54) is 0 Å². The zero-order valence-corrected chi connectivity index (χ0v) is 9.62. The van der Waals surface area contributed by atoms with Gasteiger partial charge in [0.2, 0.25) is 0 Å². The normalized spacial score (nSPS) is 12.8. The predicted molar refractivity (Wildman–Crippen MR) is 67.5 cm³/mol. The van der Waals surface area contributed by atoms with E-state index in [4.69, 9.17) is 0 Å². The molecule has 0 bridgehead atoms. The summed E-state index contributed by atoms with van der Waals surface area (Å²) in [5.41, 5.74) is 1.88. The zero-order valence-electron chi connectivity index (χ0n) is 9.62. The van der Waals surface area contributed by atoms with Gasteiger partial charge in [-0.1, -0.05) is 30.3 Å². The minimum Gasteiger partial charge on any atom is -0.508 e. The van der Waals surface area contributed by atoms with E-state index in [2.05, 4.69) is 10.2 Å². The van der Waals surface area contributed by atoms with Gasteiger partial charge in [0, 0.05) is 0 Å². The molecule has 1 atom stereocenters. The summed E-state index contributed by atoms with van der Waals surface area (Å²) >= 11 is 0. The van der Waals surface area contributed by atoms with E-state index in [-0.39, 0.29) is 11.8 Å². The molecule has 3 nitrogen and oxygen atoms in total. The van der Waals surface area contributed by atoms with Gasteiger partial charge < -0.3 is 5.11 Å². The highest BCUT2D eigenvalue weighted by molar-refractivity contribution is 5.35. The first-order chi connectivity index (χ1) is 8.25. The molecule has 3 heteroatoms. The van der Waals surface area contributed by atoms with Crippen molar-refractivity contribution < 1.29 is 5.11 Å². The van der Waals surface area contributed by atoms with Crippen LogP contribution in [0.25, 0.3) is 0 Å². The molecule has 0 aliphatic heterocycles. The summed E-state index contributed by atoms with van der Waals surface area (Å²) in [7, 11) is 0. The Labute approximate surface area is 100 Å². The van der Waals surface area contributed by atoms with Gasteiger partial charge in [0.1, 0.15) is 5.75 Å². The molecule has 0 aromatic heterocycles. The van der Waals surface area contributed by atoms with Crippen molar-refractivity contribution in [1.82, 2.24) is 0 Å². The molecule has 0 heterocycles. The van der Waals surface area contributed by atoms with Crippen LogP contribution in [-0.4, -0.2) is 5.11 Å². The first-order valence-corrected chi connectivity index (χ1v) is 5.50. The fourth-order valence-corrected chi connectivity index (χ4v) is 1.47. The maximum Gasteiger partial charge on any atom is 0.115 e. The number of phenolic OH excluding ortho intramolecular Hbond substituents is 1. The van der Waals surface area contributed by atoms with Gasteiger partial charge in [0.25, 0.3) is 0 Å². The fourth-order valence-electron chi connectivity index (χ4n) is 1.47. The van der Waals surface area contributed by atoms with Gasteiger partial charge >= 0.3 is 0 Å². The van der Waals surface area contributed by atoms with Gasteiger partial charge in [-0.05, 0) is 36.8 Å². The van der Waals surface area contributed by atoms with Gasteiger partial charge in [-0.2, -0.15) is 10.2 Å². The van der Waals surface area contributed by atoms with Crippen molar-refractivity contribution in [3.63, 3.8) is 0 Å². The third-order valence-corrected chi connectivity index (χ3v) is 2.48. The highest BCUT2D eigenvalue weighted by atomic mass is 16.3. The Bertz CT molecular complexity index is 491. The van der Waals surface area contributed by atoms with Crippen LogP contribution < -0.4 is 0 Å². The second kappa shape index (κ2) is 5.25. The van der Waals surface area contributed by atoms with E-state index in [1.807, 2.05) is 49.4 Å². The fraction of sp³-hybridized carbons (Fsp3) is 0.143. The van der Waals surface area contributed by atoms with Crippen molar-refractivity contribution in [2.75, 3.05) is 0 Å². The Morgan fingerprint density at radius 3 is 2.24 bits per heavy atom. The predicted octanol–water partition coefficient (Wildman–Crippen LogP) is 4.24. The monoisotopic (exact) mass is 226 g/mol. The quantitative estimate of drug-likeness (QED) is 0.782. The van der Waals surface area contributed by atoms with Gasteiger partial charge in [0.15, 0.2) is 0 Å². The number of phenols is 1. The molecule has 0 aliphatic carbocycles. The molecular formula is C14H14N2O. The highest BCUT2D eigenvalue weighted by Crippen LogP contribution is 2.21. The second-order valence-corrected chi connectivity index (χ2v) is 3.82. The Balaban J connectivity index is 2.09. The van der Waals surface area contributed by atoms with Crippen LogP contribution in [0.15, 0.2) is 64.8 Å². The van der Waals surface area contributed by atoms with Gasteiger partial charge in [-0.25, -0.2) is 0 Å². The molecule has 86 valence electrons. The van der Waals surface area contributed by atoms with Crippen LogP contribution in [0.1, 0.15) is 18.5 Å². The largest absolute Gasteiger partial charge is 0.508 e. The molecule has 2 aromatic carbocycles. The van der Waals surface area contributed by atoms with Crippen molar-refractivity contribution in [3.05, 3.63) is 60.2 Å². The first-order valence-electron chi connectivity index (χ1n) is 5.50. The third kappa shape index (κ3) is 3.14. The van der Waals surface area contributed by atoms with Crippen molar-refractivity contribution in [2.24, 2.45) is 10.2 Å². The van der Waals surface area contributed by atoms with Crippen LogP contribution in [0.2, 0.25) is 0 Å². The molecule has 1 unspecified atom stereocenters. The summed E-state index contributed by atoms with van der Waals surface area (Å²) in [6.45, 7) is 1.97. The van der Waals surface area contributed by atoms with Crippen LogP contribution in [0, 0.1) is 0 Å². The Kier molecular flexibility index (Phi) is 3.50. The third-order valence-electron chi connectivity index (χ3n) is 2.48. The average Bonchev–Trinajstić information content (AvgIpc) is 2.38. The van der Waals surface area contributed by atoms with E-state index in [0.29, 0.717) is 0 Å². The van der Waals surface area contributed by atoms with Crippen molar-refractivity contribution in [3.8, 4) is 5.75 Å². The van der Waals surface area contributed by atoms with Crippen LogP contribution in [0.5, 0.6) is 5.75 Å². The Morgan fingerprint density at radius 1 is 0.941 bits per heavy atom. The number of benzene rings is 2. The lowest BCUT2D eigenvalue weighted by Crippen LogP contribution is -1.87. The molecule has 17 heavy (non-hydrogen) atoms. The standard InChI is InChI=1S/C14H14N2O/c1-11(12-7-9-14(17)10-8-12)15-16-13-5-3-2-4-6-13/h2-11,17H,1H3. The summed E-state index contributed by atoms with van der Waals surface area (Å²) < 4.78 is 0. The molecule has 2 rings (SSSR count). The topological polar surface area (TPSA) is 45.0 Å². The first kappa shape index (κ1) is 11.3. The van der Waals surface area contributed by atoms with Crippen molar-refractivity contribution in [1.29, 1.82) is 0 Å². The van der Waals surface area contributed by atoms with Gasteiger partial charge in [-0.3, -0.25) is 0 Å². The molecule has 0 saturated heterocycles. The van der Waals surface area contributed by atoms with Crippen LogP contribution >= 0.6 is 0 Å². The highest BCUT2D eigenvalue weighted by Gasteiger charge is 2.02. The van der Waals surface area contributed by atoms with E-state index in [9.17, 15) is 5.11 Å². The smallest absolute Gasteiger partial charge is 0.115 e. The van der Waals surface area contributed by atoms with E-state index in [0.717, 1.165) is 11.3 Å². The summed E-state index contributed by atoms with van der Waals surface area (Å²) in [6.07, 6.45) is 0. The summed E-state index contributed by atoms with van der Waals surface area (Å²) in [4.78, 5) is 0.